The fourth-order valence-electron chi connectivity index (χ4n) is 2.97. The molecule has 0 aliphatic rings. The van der Waals surface area contributed by atoms with Gasteiger partial charge in [-0.15, -0.1) is 0 Å². The number of phenols is 2. The topological polar surface area (TPSA) is 78.8 Å². The van der Waals surface area contributed by atoms with E-state index >= 15 is 0 Å². The molecule has 5 nitrogen and oxygen atoms in total. The van der Waals surface area contributed by atoms with Gasteiger partial charge in [0.2, 0.25) is 0 Å². The normalized spacial score (nSPS) is 10.6. The van der Waals surface area contributed by atoms with Crippen molar-refractivity contribution in [1.82, 2.24) is 0 Å². The van der Waals surface area contributed by atoms with Crippen LogP contribution in [0.1, 0.15) is 68.6 Å². The van der Waals surface area contributed by atoms with Gasteiger partial charge in [-0.2, -0.15) is 0 Å². The van der Waals surface area contributed by atoms with Crippen LogP contribution < -0.4 is 10.1 Å². The van der Waals surface area contributed by atoms with Gasteiger partial charge in [-0.25, -0.2) is 0 Å². The first kappa shape index (κ1) is 21.6. The molecule has 0 saturated carbocycles. The Hall–Kier alpha value is -2.69. The molecule has 0 spiro atoms. The Morgan fingerprint density at radius 2 is 1.43 bits per heavy atom. The van der Waals surface area contributed by atoms with E-state index < -0.39 is 5.91 Å². The lowest BCUT2D eigenvalue weighted by Gasteiger charge is -2.10. The predicted octanol–water partition coefficient (Wildman–Crippen LogP) is 5.87. The van der Waals surface area contributed by atoms with E-state index in [1.54, 1.807) is 24.3 Å². The summed E-state index contributed by atoms with van der Waals surface area (Å²) in [5.74, 6) is -0.0475. The van der Waals surface area contributed by atoms with Crippen molar-refractivity contribution in [2.45, 2.75) is 58.3 Å². The Labute approximate surface area is 167 Å². The second kappa shape index (κ2) is 11.9. The number of para-hydroxylation sites is 1. The van der Waals surface area contributed by atoms with Gasteiger partial charge in [0.15, 0.2) is 0 Å². The zero-order chi connectivity index (χ0) is 20.2. The molecule has 0 atom stereocenters. The first-order chi connectivity index (χ1) is 13.6. The highest BCUT2D eigenvalue weighted by Gasteiger charge is 2.12. The molecule has 0 unspecified atom stereocenters. The SMILES string of the molecule is CCCCCCCCCCOc1ccc(C(=O)Nc2c(O)cccc2O)cc1. The summed E-state index contributed by atoms with van der Waals surface area (Å²) >= 11 is 0. The lowest BCUT2D eigenvalue weighted by molar-refractivity contribution is 0.102. The van der Waals surface area contributed by atoms with E-state index in [4.69, 9.17) is 4.74 Å². The number of carbonyl (C=O) groups excluding carboxylic acids is 1. The van der Waals surface area contributed by atoms with Crippen molar-refractivity contribution in [1.29, 1.82) is 0 Å². The summed E-state index contributed by atoms with van der Waals surface area (Å²) in [6.07, 6.45) is 10.1. The molecule has 0 saturated heterocycles. The molecule has 3 N–H and O–H groups in total. The van der Waals surface area contributed by atoms with E-state index in [9.17, 15) is 15.0 Å². The van der Waals surface area contributed by atoms with Crippen LogP contribution in [-0.4, -0.2) is 22.7 Å². The van der Waals surface area contributed by atoms with Crippen molar-refractivity contribution in [2.24, 2.45) is 0 Å². The van der Waals surface area contributed by atoms with Gasteiger partial charge in [0.25, 0.3) is 5.91 Å². The third kappa shape index (κ3) is 7.14. The summed E-state index contributed by atoms with van der Waals surface area (Å²) in [6.45, 7) is 2.90. The Kier molecular flexibility index (Phi) is 9.19. The van der Waals surface area contributed by atoms with Crippen LogP contribution in [0.5, 0.6) is 17.2 Å². The highest BCUT2D eigenvalue weighted by Crippen LogP contribution is 2.32. The largest absolute Gasteiger partial charge is 0.506 e. The van der Waals surface area contributed by atoms with Gasteiger partial charge < -0.3 is 20.3 Å². The first-order valence-corrected chi connectivity index (χ1v) is 10.2. The highest BCUT2D eigenvalue weighted by atomic mass is 16.5. The van der Waals surface area contributed by atoms with Gasteiger partial charge >= 0.3 is 0 Å². The molecule has 0 fully saturated rings. The minimum absolute atomic E-state index is 0.00233. The van der Waals surface area contributed by atoms with E-state index in [0.717, 1.165) is 12.2 Å². The summed E-state index contributed by atoms with van der Waals surface area (Å²) in [5, 5.41) is 22.0. The van der Waals surface area contributed by atoms with Crippen LogP contribution >= 0.6 is 0 Å². The molecule has 2 aromatic rings. The van der Waals surface area contributed by atoms with Crippen molar-refractivity contribution in [3.63, 3.8) is 0 Å². The lowest BCUT2D eigenvalue weighted by atomic mass is 10.1. The van der Waals surface area contributed by atoms with Gasteiger partial charge in [-0.1, -0.05) is 57.9 Å². The third-order valence-electron chi connectivity index (χ3n) is 4.64. The number of hydrogen-bond donors (Lipinski definition) is 3. The number of phenolic OH excluding ortho intramolecular Hbond substituents is 2. The standard InChI is InChI=1S/C23H31NO4/c1-2-3-4-5-6-7-8-9-17-28-19-15-13-18(14-16-19)23(27)24-22-20(25)11-10-12-21(22)26/h10-16,25-26H,2-9,17H2,1H3,(H,24,27). The Morgan fingerprint density at radius 3 is 2.04 bits per heavy atom. The second-order valence-electron chi connectivity index (χ2n) is 6.97. The number of benzene rings is 2. The predicted molar refractivity (Wildman–Crippen MR) is 112 cm³/mol. The molecule has 0 radical (unpaired) electrons. The van der Waals surface area contributed by atoms with E-state index in [2.05, 4.69) is 12.2 Å². The maximum absolute atomic E-state index is 12.3. The lowest BCUT2D eigenvalue weighted by Crippen LogP contribution is -2.12. The number of amides is 1. The molecule has 152 valence electrons. The molecule has 2 rings (SSSR count). The summed E-state index contributed by atoms with van der Waals surface area (Å²) in [7, 11) is 0. The maximum atomic E-state index is 12.3. The molecule has 1 amide bonds. The van der Waals surface area contributed by atoms with Crippen LogP contribution in [0.3, 0.4) is 0 Å². The zero-order valence-corrected chi connectivity index (χ0v) is 16.6. The monoisotopic (exact) mass is 385 g/mol. The van der Waals surface area contributed by atoms with Gasteiger partial charge in [0.05, 0.1) is 6.61 Å². The van der Waals surface area contributed by atoms with Crippen LogP contribution in [0.25, 0.3) is 0 Å². The molecule has 2 aromatic carbocycles. The van der Waals surface area contributed by atoms with Crippen LogP contribution in [-0.2, 0) is 0 Å². The van der Waals surface area contributed by atoms with Crippen LogP contribution in [0.15, 0.2) is 42.5 Å². The summed E-state index contributed by atoms with van der Waals surface area (Å²) in [4.78, 5) is 12.3. The minimum atomic E-state index is -0.411. The van der Waals surface area contributed by atoms with E-state index in [1.165, 1.54) is 63.1 Å². The minimum Gasteiger partial charge on any atom is -0.506 e. The van der Waals surface area contributed by atoms with Crippen molar-refractivity contribution in [3.8, 4) is 17.2 Å². The fourth-order valence-corrected chi connectivity index (χ4v) is 2.97. The van der Waals surface area contributed by atoms with Gasteiger partial charge in [-0.3, -0.25) is 4.79 Å². The van der Waals surface area contributed by atoms with Crippen molar-refractivity contribution >= 4 is 11.6 Å². The maximum Gasteiger partial charge on any atom is 0.255 e. The number of carbonyl (C=O) groups is 1. The molecule has 0 aromatic heterocycles. The Morgan fingerprint density at radius 1 is 0.857 bits per heavy atom. The number of ether oxygens (including phenoxy) is 1. The van der Waals surface area contributed by atoms with Gasteiger partial charge in [0, 0.05) is 5.56 Å². The number of hydrogen-bond acceptors (Lipinski definition) is 4. The fraction of sp³-hybridized carbons (Fsp3) is 0.435. The highest BCUT2D eigenvalue weighted by molar-refractivity contribution is 6.05. The quantitative estimate of drug-likeness (QED) is 0.315. The van der Waals surface area contributed by atoms with E-state index in [0.29, 0.717) is 12.2 Å². The number of unbranched alkanes of at least 4 members (excludes halogenated alkanes) is 7. The zero-order valence-electron chi connectivity index (χ0n) is 16.6. The molecule has 0 aliphatic heterocycles. The van der Waals surface area contributed by atoms with E-state index in [-0.39, 0.29) is 17.2 Å². The van der Waals surface area contributed by atoms with Crippen molar-refractivity contribution < 1.29 is 19.7 Å². The van der Waals surface area contributed by atoms with Crippen molar-refractivity contribution in [3.05, 3.63) is 48.0 Å². The van der Waals surface area contributed by atoms with Gasteiger partial charge in [-0.05, 0) is 42.8 Å². The molecular weight excluding hydrogens is 354 g/mol. The summed E-state index contributed by atoms with van der Waals surface area (Å²) < 4.78 is 5.73. The molecule has 28 heavy (non-hydrogen) atoms. The van der Waals surface area contributed by atoms with Gasteiger partial charge in [0.1, 0.15) is 22.9 Å². The average molecular weight is 386 g/mol. The number of nitrogens with one attached hydrogen (secondary N) is 1. The summed E-state index contributed by atoms with van der Waals surface area (Å²) in [6, 6.07) is 11.1. The Bertz CT molecular complexity index is 708. The van der Waals surface area contributed by atoms with Crippen LogP contribution in [0, 0.1) is 0 Å². The van der Waals surface area contributed by atoms with E-state index in [1.807, 2.05) is 0 Å². The van der Waals surface area contributed by atoms with Crippen LogP contribution in [0.2, 0.25) is 0 Å². The molecule has 0 heterocycles. The second-order valence-corrected chi connectivity index (χ2v) is 6.97. The molecular formula is C23H31NO4. The molecule has 5 heteroatoms. The molecule has 0 aliphatic carbocycles. The number of rotatable bonds is 12. The average Bonchev–Trinajstić information content (AvgIpc) is 2.70. The first-order valence-electron chi connectivity index (χ1n) is 10.2. The Balaban J connectivity index is 1.70. The van der Waals surface area contributed by atoms with Crippen molar-refractivity contribution in [2.75, 3.05) is 11.9 Å². The smallest absolute Gasteiger partial charge is 0.255 e. The molecule has 0 bridgehead atoms. The summed E-state index contributed by atoms with van der Waals surface area (Å²) in [5.41, 5.74) is 0.421. The number of aromatic hydroxyl groups is 2. The van der Waals surface area contributed by atoms with Crippen LogP contribution in [0.4, 0.5) is 5.69 Å². The third-order valence-corrected chi connectivity index (χ3v) is 4.64. The number of anilines is 1.